The van der Waals surface area contributed by atoms with Gasteiger partial charge in [0.05, 0.1) is 5.69 Å². The zero-order valence-electron chi connectivity index (χ0n) is 8.14. The van der Waals surface area contributed by atoms with Crippen molar-refractivity contribution in [3.63, 3.8) is 0 Å². The second-order valence-corrected chi connectivity index (χ2v) is 3.50. The van der Waals surface area contributed by atoms with Gasteiger partial charge in [-0.2, -0.15) is 5.10 Å². The fourth-order valence-electron chi connectivity index (χ4n) is 1.26. The van der Waals surface area contributed by atoms with Crippen LogP contribution in [0.3, 0.4) is 0 Å². The van der Waals surface area contributed by atoms with Crippen molar-refractivity contribution < 1.29 is 4.79 Å². The molecule has 0 unspecified atom stereocenters. The lowest BCUT2D eigenvalue weighted by Crippen LogP contribution is -1.94. The minimum Gasteiger partial charge on any atom is -0.296 e. The van der Waals surface area contributed by atoms with E-state index in [9.17, 15) is 4.79 Å². The van der Waals surface area contributed by atoms with Crippen LogP contribution in [0.4, 0.5) is 0 Å². The van der Waals surface area contributed by atoms with E-state index in [2.05, 4.69) is 23.9 Å². The molecule has 0 aromatic carbocycles. The van der Waals surface area contributed by atoms with Gasteiger partial charge in [0.1, 0.15) is 5.69 Å². The molecule has 2 aromatic rings. The Morgan fingerprint density at radius 3 is 2.93 bits per heavy atom. The number of hydrogen-bond donors (Lipinski definition) is 0. The van der Waals surface area contributed by atoms with Crippen LogP contribution < -0.4 is 0 Å². The molecule has 2 heterocycles. The van der Waals surface area contributed by atoms with Crippen molar-refractivity contribution in [3.8, 4) is 0 Å². The number of aldehydes is 1. The molecule has 4 heteroatoms. The Balaban J connectivity index is 2.59. The van der Waals surface area contributed by atoms with Crippen molar-refractivity contribution in [1.29, 1.82) is 0 Å². The highest BCUT2D eigenvalue weighted by atomic mass is 16.1. The van der Waals surface area contributed by atoms with Gasteiger partial charge in [-0.1, -0.05) is 13.8 Å². The Hall–Kier alpha value is -1.71. The second-order valence-electron chi connectivity index (χ2n) is 3.50. The molecule has 2 rings (SSSR count). The lowest BCUT2D eigenvalue weighted by atomic mass is 10.1. The topological polar surface area (TPSA) is 47.3 Å². The molecule has 0 saturated heterocycles. The first kappa shape index (κ1) is 8.87. The molecular weight excluding hydrogens is 178 g/mol. The summed E-state index contributed by atoms with van der Waals surface area (Å²) in [5.74, 6) is 0.372. The Morgan fingerprint density at radius 2 is 2.29 bits per heavy atom. The molecule has 0 aliphatic carbocycles. The van der Waals surface area contributed by atoms with Gasteiger partial charge in [-0.25, -0.2) is 9.50 Å². The van der Waals surface area contributed by atoms with Gasteiger partial charge in [0.25, 0.3) is 0 Å². The van der Waals surface area contributed by atoms with Crippen molar-refractivity contribution in [2.45, 2.75) is 19.8 Å². The number of fused-ring (bicyclic) bond motifs is 1. The molecule has 0 saturated carbocycles. The molecule has 14 heavy (non-hydrogen) atoms. The molecule has 4 nitrogen and oxygen atoms in total. The minimum absolute atomic E-state index is 0.372. The summed E-state index contributed by atoms with van der Waals surface area (Å²) >= 11 is 0. The fraction of sp³-hybridized carbons (Fsp3) is 0.300. The Morgan fingerprint density at radius 1 is 1.50 bits per heavy atom. The van der Waals surface area contributed by atoms with Crippen molar-refractivity contribution >= 4 is 11.9 Å². The molecule has 72 valence electrons. The van der Waals surface area contributed by atoms with Crippen LogP contribution in [0.15, 0.2) is 18.3 Å². The van der Waals surface area contributed by atoms with Crippen LogP contribution in [0, 0.1) is 0 Å². The van der Waals surface area contributed by atoms with Crippen LogP contribution in [0.5, 0.6) is 0 Å². The van der Waals surface area contributed by atoms with Gasteiger partial charge in [-0.3, -0.25) is 4.79 Å². The highest BCUT2D eigenvalue weighted by Gasteiger charge is 2.06. The predicted molar refractivity (Wildman–Crippen MR) is 52.5 cm³/mol. The lowest BCUT2D eigenvalue weighted by molar-refractivity contribution is 0.111. The van der Waals surface area contributed by atoms with Crippen LogP contribution in [-0.2, 0) is 0 Å². The summed E-state index contributed by atoms with van der Waals surface area (Å²) in [4.78, 5) is 14.6. The summed E-state index contributed by atoms with van der Waals surface area (Å²) in [7, 11) is 0. The predicted octanol–water partition coefficient (Wildman–Crippen LogP) is 1.67. The number of hydrogen-bond acceptors (Lipinski definition) is 3. The van der Waals surface area contributed by atoms with Crippen LogP contribution >= 0.6 is 0 Å². The number of rotatable bonds is 2. The summed E-state index contributed by atoms with van der Waals surface area (Å²) in [5.41, 5.74) is 2.14. The van der Waals surface area contributed by atoms with Crippen molar-refractivity contribution in [2.24, 2.45) is 0 Å². The Labute approximate surface area is 81.6 Å². The van der Waals surface area contributed by atoms with E-state index in [0.717, 1.165) is 17.6 Å². The van der Waals surface area contributed by atoms with E-state index >= 15 is 0 Å². The largest absolute Gasteiger partial charge is 0.296 e. The number of nitrogens with zero attached hydrogens (tertiary/aromatic N) is 3. The van der Waals surface area contributed by atoms with Gasteiger partial charge >= 0.3 is 0 Å². The Kier molecular flexibility index (Phi) is 2.04. The zero-order valence-corrected chi connectivity index (χ0v) is 8.14. The monoisotopic (exact) mass is 189 g/mol. The molecule has 0 N–H and O–H groups in total. The molecule has 0 spiro atoms. The highest BCUT2D eigenvalue weighted by Crippen LogP contribution is 2.13. The third-order valence-electron chi connectivity index (χ3n) is 2.08. The minimum atomic E-state index is 0.372. The molecule has 0 aliphatic heterocycles. The molecule has 0 aliphatic rings. The van der Waals surface area contributed by atoms with Gasteiger partial charge < -0.3 is 0 Å². The molecule has 2 aromatic heterocycles. The van der Waals surface area contributed by atoms with E-state index < -0.39 is 0 Å². The lowest BCUT2D eigenvalue weighted by Gasteiger charge is -1.94. The summed E-state index contributed by atoms with van der Waals surface area (Å²) in [6.07, 6.45) is 2.49. The van der Waals surface area contributed by atoms with Gasteiger partial charge in [-0.15, -0.1) is 0 Å². The summed E-state index contributed by atoms with van der Waals surface area (Å²) < 4.78 is 1.68. The normalized spacial score (nSPS) is 11.1. The van der Waals surface area contributed by atoms with E-state index in [1.807, 2.05) is 6.07 Å². The van der Waals surface area contributed by atoms with Crippen molar-refractivity contribution in [2.75, 3.05) is 0 Å². The smallest absolute Gasteiger partial charge is 0.168 e. The third-order valence-corrected chi connectivity index (χ3v) is 2.08. The van der Waals surface area contributed by atoms with Crippen LogP contribution in [-0.4, -0.2) is 20.9 Å². The third kappa shape index (κ3) is 1.39. The first-order valence-electron chi connectivity index (χ1n) is 4.52. The SMILES string of the molecule is CC(C)c1cc2nc(C=O)ccn2n1. The molecular formula is C10H11N3O. The van der Waals surface area contributed by atoms with Crippen molar-refractivity contribution in [3.05, 3.63) is 29.7 Å². The maximum absolute atomic E-state index is 10.5. The maximum atomic E-state index is 10.5. The van der Waals surface area contributed by atoms with Crippen LogP contribution in [0.1, 0.15) is 35.9 Å². The number of carbonyl (C=O) groups excluding carboxylic acids is 1. The zero-order chi connectivity index (χ0) is 10.1. The van der Waals surface area contributed by atoms with E-state index in [1.54, 1.807) is 16.8 Å². The average molecular weight is 189 g/mol. The average Bonchev–Trinajstić information content (AvgIpc) is 2.59. The van der Waals surface area contributed by atoms with Crippen LogP contribution in [0.2, 0.25) is 0 Å². The first-order valence-corrected chi connectivity index (χ1v) is 4.52. The summed E-state index contributed by atoms with van der Waals surface area (Å²) in [6.45, 7) is 4.14. The van der Waals surface area contributed by atoms with Gasteiger partial charge in [0, 0.05) is 12.3 Å². The molecule has 0 amide bonds. The second kappa shape index (κ2) is 3.21. The molecule has 0 radical (unpaired) electrons. The van der Waals surface area contributed by atoms with Crippen molar-refractivity contribution in [1.82, 2.24) is 14.6 Å². The maximum Gasteiger partial charge on any atom is 0.168 e. The van der Waals surface area contributed by atoms with E-state index in [4.69, 9.17) is 0 Å². The van der Waals surface area contributed by atoms with Crippen LogP contribution in [0.25, 0.3) is 5.65 Å². The fourth-order valence-corrected chi connectivity index (χ4v) is 1.26. The summed E-state index contributed by atoms with van der Waals surface area (Å²) in [5, 5.41) is 4.33. The first-order chi connectivity index (χ1) is 6.70. The van der Waals surface area contributed by atoms with E-state index in [1.165, 1.54) is 0 Å². The van der Waals surface area contributed by atoms with Gasteiger partial charge in [0.2, 0.25) is 0 Å². The standard InChI is InChI=1S/C10H11N3O/c1-7(2)9-5-10-11-8(6-14)3-4-13(10)12-9/h3-7H,1-2H3. The van der Waals surface area contributed by atoms with E-state index in [0.29, 0.717) is 11.6 Å². The summed E-state index contributed by atoms with van der Waals surface area (Å²) in [6, 6.07) is 3.55. The van der Waals surface area contributed by atoms with E-state index in [-0.39, 0.29) is 0 Å². The Bertz CT molecular complexity index is 473. The highest BCUT2D eigenvalue weighted by molar-refractivity contribution is 5.72. The number of carbonyl (C=O) groups is 1. The van der Waals surface area contributed by atoms with Gasteiger partial charge in [-0.05, 0) is 12.0 Å². The quantitative estimate of drug-likeness (QED) is 0.675. The molecule has 0 bridgehead atoms. The van der Waals surface area contributed by atoms with Gasteiger partial charge in [0.15, 0.2) is 11.9 Å². The number of aromatic nitrogens is 3. The molecule has 0 fully saturated rings. The molecule has 0 atom stereocenters.